The molecule has 36 heavy (non-hydrogen) atoms. The minimum Gasteiger partial charge on any atom is -0.494 e. The van der Waals surface area contributed by atoms with Gasteiger partial charge in [-0.05, 0) is 105 Å². The molecule has 0 aromatic heterocycles. The van der Waals surface area contributed by atoms with Crippen LogP contribution in [0.2, 0.25) is 0 Å². The molecule has 5 rings (SSSR count). The quantitative estimate of drug-likeness (QED) is 0.256. The van der Waals surface area contributed by atoms with Gasteiger partial charge in [0, 0.05) is 11.8 Å². The van der Waals surface area contributed by atoms with Gasteiger partial charge in [0.1, 0.15) is 11.5 Å². The largest absolute Gasteiger partial charge is 0.494 e. The van der Waals surface area contributed by atoms with Gasteiger partial charge in [-0.3, -0.25) is 0 Å². The Morgan fingerprint density at radius 1 is 0.583 bits per heavy atom. The zero-order valence-corrected chi connectivity index (χ0v) is 21.9. The molecule has 0 bridgehead atoms. The maximum absolute atomic E-state index is 5.99. The molecule has 2 heterocycles. The van der Waals surface area contributed by atoms with Gasteiger partial charge in [-0.15, -0.1) is 0 Å². The van der Waals surface area contributed by atoms with Crippen LogP contribution < -0.4 is 9.47 Å². The van der Waals surface area contributed by atoms with E-state index in [0.29, 0.717) is 11.8 Å². The van der Waals surface area contributed by atoms with Crippen LogP contribution in [-0.4, -0.2) is 39.6 Å². The van der Waals surface area contributed by atoms with Gasteiger partial charge < -0.3 is 18.9 Å². The summed E-state index contributed by atoms with van der Waals surface area (Å²) in [5, 5.41) is 0. The van der Waals surface area contributed by atoms with Crippen LogP contribution in [0.5, 0.6) is 11.5 Å². The van der Waals surface area contributed by atoms with Crippen molar-refractivity contribution < 1.29 is 18.9 Å². The standard InChI is InChI=1S/C32H44O4/c1(6-25-21-33-22-25)3-18-35-31-14-10-27(11-15-31)29-8-5-9-30(20-29)28-12-16-32(17-13-28)36-19-4-2-7-26-23-34-24-26/h10-17,25-26,29-30H,1-9,18-24H2. The van der Waals surface area contributed by atoms with Crippen LogP contribution in [0.15, 0.2) is 48.5 Å². The highest BCUT2D eigenvalue weighted by molar-refractivity contribution is 5.33. The second kappa shape index (κ2) is 13.5. The van der Waals surface area contributed by atoms with E-state index < -0.39 is 0 Å². The lowest BCUT2D eigenvalue weighted by molar-refractivity contribution is -0.0367. The molecule has 2 atom stereocenters. The monoisotopic (exact) mass is 492 g/mol. The van der Waals surface area contributed by atoms with E-state index in [2.05, 4.69) is 48.5 Å². The van der Waals surface area contributed by atoms with E-state index in [1.165, 1.54) is 62.5 Å². The Labute approximate surface area is 217 Å². The molecular formula is C32H44O4. The molecule has 2 saturated heterocycles. The summed E-state index contributed by atoms with van der Waals surface area (Å²) in [6.45, 7) is 5.47. The highest BCUT2D eigenvalue weighted by Crippen LogP contribution is 2.41. The van der Waals surface area contributed by atoms with Crippen LogP contribution in [-0.2, 0) is 9.47 Å². The molecule has 0 radical (unpaired) electrons. The summed E-state index contributed by atoms with van der Waals surface area (Å²) in [6, 6.07) is 17.9. The smallest absolute Gasteiger partial charge is 0.119 e. The topological polar surface area (TPSA) is 36.9 Å². The van der Waals surface area contributed by atoms with Gasteiger partial charge in [0.2, 0.25) is 0 Å². The molecule has 4 nitrogen and oxygen atoms in total. The highest BCUT2D eigenvalue weighted by atomic mass is 16.5. The van der Waals surface area contributed by atoms with E-state index in [1.54, 1.807) is 0 Å². The van der Waals surface area contributed by atoms with Crippen LogP contribution in [0.3, 0.4) is 0 Å². The zero-order valence-electron chi connectivity index (χ0n) is 21.9. The second-order valence-electron chi connectivity index (χ2n) is 11.2. The van der Waals surface area contributed by atoms with E-state index in [0.717, 1.165) is 75.8 Å². The first-order chi connectivity index (χ1) is 17.8. The summed E-state index contributed by atoms with van der Waals surface area (Å²) in [5.74, 6) is 4.88. The van der Waals surface area contributed by atoms with Crippen molar-refractivity contribution in [1.29, 1.82) is 0 Å². The molecule has 0 amide bonds. The molecule has 4 heteroatoms. The zero-order chi connectivity index (χ0) is 24.4. The van der Waals surface area contributed by atoms with Crippen molar-refractivity contribution in [1.82, 2.24) is 0 Å². The van der Waals surface area contributed by atoms with Crippen LogP contribution in [0.25, 0.3) is 0 Å². The number of unbranched alkanes of at least 4 members (excludes halogenated alkanes) is 2. The molecule has 3 fully saturated rings. The predicted octanol–water partition coefficient (Wildman–Crippen LogP) is 7.52. The van der Waals surface area contributed by atoms with Crippen molar-refractivity contribution in [3.8, 4) is 11.5 Å². The van der Waals surface area contributed by atoms with Gasteiger partial charge in [-0.25, -0.2) is 0 Å². The molecule has 2 aromatic rings. The first-order valence-corrected chi connectivity index (χ1v) is 14.4. The van der Waals surface area contributed by atoms with Crippen molar-refractivity contribution in [3.05, 3.63) is 59.7 Å². The molecule has 0 N–H and O–H groups in total. The Hall–Kier alpha value is -2.04. The SMILES string of the molecule is c1cc(C2CCCC(c3ccc(OCCCCC4COC4)cc3)C2)ccc1OCCCCC1COC1. The van der Waals surface area contributed by atoms with Crippen LogP contribution in [0.1, 0.15) is 87.2 Å². The fourth-order valence-electron chi connectivity index (χ4n) is 5.82. The van der Waals surface area contributed by atoms with E-state index in [9.17, 15) is 0 Å². The predicted molar refractivity (Wildman–Crippen MR) is 144 cm³/mol. The highest BCUT2D eigenvalue weighted by Gasteiger charge is 2.24. The molecule has 1 aliphatic carbocycles. The molecule has 0 spiro atoms. The Kier molecular flexibility index (Phi) is 9.59. The van der Waals surface area contributed by atoms with Crippen molar-refractivity contribution in [2.24, 2.45) is 11.8 Å². The van der Waals surface area contributed by atoms with Gasteiger partial charge in [0.15, 0.2) is 0 Å². The average molecular weight is 493 g/mol. The first-order valence-electron chi connectivity index (χ1n) is 14.4. The normalized spacial score (nSPS) is 22.6. The van der Waals surface area contributed by atoms with Gasteiger partial charge in [0.25, 0.3) is 0 Å². The molecule has 3 aliphatic rings. The summed E-state index contributed by atoms with van der Waals surface area (Å²) in [4.78, 5) is 0. The third-order valence-corrected chi connectivity index (χ3v) is 8.34. The molecule has 2 aliphatic heterocycles. The Balaban J connectivity index is 1.02. The van der Waals surface area contributed by atoms with Crippen molar-refractivity contribution >= 4 is 0 Å². The summed E-state index contributed by atoms with van der Waals surface area (Å²) < 4.78 is 22.5. The summed E-state index contributed by atoms with van der Waals surface area (Å²) in [6.07, 6.45) is 12.4. The lowest BCUT2D eigenvalue weighted by Gasteiger charge is -2.30. The maximum Gasteiger partial charge on any atom is 0.119 e. The summed E-state index contributed by atoms with van der Waals surface area (Å²) >= 11 is 0. The van der Waals surface area contributed by atoms with E-state index in [4.69, 9.17) is 18.9 Å². The van der Waals surface area contributed by atoms with Gasteiger partial charge in [0.05, 0.1) is 39.6 Å². The van der Waals surface area contributed by atoms with Gasteiger partial charge in [-0.1, -0.05) is 30.7 Å². The summed E-state index contributed by atoms with van der Waals surface area (Å²) in [5.41, 5.74) is 2.93. The van der Waals surface area contributed by atoms with Crippen LogP contribution >= 0.6 is 0 Å². The van der Waals surface area contributed by atoms with Crippen molar-refractivity contribution in [2.45, 2.75) is 76.0 Å². The Bertz CT molecular complexity index is 812. The van der Waals surface area contributed by atoms with Crippen LogP contribution in [0, 0.1) is 11.8 Å². The number of hydrogen-bond donors (Lipinski definition) is 0. The Morgan fingerprint density at radius 3 is 1.42 bits per heavy atom. The fourth-order valence-corrected chi connectivity index (χ4v) is 5.82. The van der Waals surface area contributed by atoms with Gasteiger partial charge in [-0.2, -0.15) is 0 Å². The third kappa shape index (κ3) is 7.49. The first kappa shape index (κ1) is 25.6. The molecule has 196 valence electrons. The Morgan fingerprint density at radius 2 is 1.03 bits per heavy atom. The van der Waals surface area contributed by atoms with Crippen LogP contribution in [0.4, 0.5) is 0 Å². The fraction of sp³-hybridized carbons (Fsp3) is 0.625. The van der Waals surface area contributed by atoms with Gasteiger partial charge >= 0.3 is 0 Å². The number of benzene rings is 2. The maximum atomic E-state index is 5.99. The summed E-state index contributed by atoms with van der Waals surface area (Å²) in [7, 11) is 0. The molecule has 2 aromatic carbocycles. The molecular weight excluding hydrogens is 448 g/mol. The van der Waals surface area contributed by atoms with E-state index >= 15 is 0 Å². The third-order valence-electron chi connectivity index (χ3n) is 8.34. The van der Waals surface area contributed by atoms with E-state index in [-0.39, 0.29) is 0 Å². The number of rotatable bonds is 14. The second-order valence-corrected chi connectivity index (χ2v) is 11.2. The molecule has 1 saturated carbocycles. The minimum atomic E-state index is 0.638. The lowest BCUT2D eigenvalue weighted by atomic mass is 9.75. The number of ether oxygens (including phenoxy) is 4. The minimum absolute atomic E-state index is 0.638. The lowest BCUT2D eigenvalue weighted by Crippen LogP contribution is -2.27. The molecule has 2 unspecified atom stereocenters. The number of hydrogen-bond acceptors (Lipinski definition) is 4. The van der Waals surface area contributed by atoms with Crippen molar-refractivity contribution in [3.63, 3.8) is 0 Å². The van der Waals surface area contributed by atoms with Crippen molar-refractivity contribution in [2.75, 3.05) is 39.6 Å². The van der Waals surface area contributed by atoms with E-state index in [1.807, 2.05) is 0 Å². The average Bonchev–Trinajstić information content (AvgIpc) is 2.87.